The number of amides is 3. The van der Waals surface area contributed by atoms with E-state index < -0.39 is 44.8 Å². The lowest BCUT2D eigenvalue weighted by Crippen LogP contribution is -2.71. The van der Waals surface area contributed by atoms with Crippen molar-refractivity contribution in [2.24, 2.45) is 11.3 Å². The van der Waals surface area contributed by atoms with Crippen molar-refractivity contribution in [1.29, 1.82) is 0 Å². The molecule has 3 amide bonds. The van der Waals surface area contributed by atoms with Crippen LogP contribution in [0.4, 0.5) is 9.59 Å². The molecule has 0 aliphatic carbocycles. The van der Waals surface area contributed by atoms with Gasteiger partial charge in [0.15, 0.2) is 14.8 Å². The third kappa shape index (κ3) is 6.55. The van der Waals surface area contributed by atoms with Crippen molar-refractivity contribution >= 4 is 32.9 Å². The lowest BCUT2D eigenvalue weighted by molar-refractivity contribution is -0.160. The van der Waals surface area contributed by atoms with Crippen molar-refractivity contribution in [2.45, 2.75) is 64.9 Å². The van der Waals surface area contributed by atoms with Crippen LogP contribution in [-0.4, -0.2) is 93.2 Å². The van der Waals surface area contributed by atoms with Crippen LogP contribution >= 0.6 is 0 Å². The Labute approximate surface area is 215 Å². The number of ether oxygens (including phenoxy) is 2. The summed E-state index contributed by atoms with van der Waals surface area (Å²) >= 11 is 0. The Morgan fingerprint density at radius 3 is 2.14 bits per heavy atom. The van der Waals surface area contributed by atoms with Crippen LogP contribution in [0.3, 0.4) is 0 Å². The Kier molecular flexibility index (Phi) is 9.90. The predicted octanol–water partition coefficient (Wildman–Crippen LogP) is 2.50. The molecule has 2 fully saturated rings. The van der Waals surface area contributed by atoms with Crippen LogP contribution in [0, 0.1) is 11.3 Å². The molecule has 202 valence electrons. The summed E-state index contributed by atoms with van der Waals surface area (Å²) < 4.78 is 16.7. The van der Waals surface area contributed by atoms with Gasteiger partial charge in [-0.1, -0.05) is 46.1 Å². The topological polar surface area (TPSA) is 114 Å². The van der Waals surface area contributed by atoms with Gasteiger partial charge >= 0.3 is 12.2 Å². The SMILES string of the molecule is C=CCOC(=O)N1CCN(C(=O)OCC=C)C(C(=O)C[C@H]2NC(=O)[C@@H]2[C@@](C)(O[SiH](C)C)C(C)(C)C)C1. The fourth-order valence-electron chi connectivity index (χ4n) is 4.68. The average Bonchev–Trinajstić information content (AvgIpc) is 2.78. The summed E-state index contributed by atoms with van der Waals surface area (Å²) in [6.07, 6.45) is 1.65. The highest BCUT2D eigenvalue weighted by molar-refractivity contribution is 6.48. The molecule has 1 N–H and O–H groups in total. The molecule has 0 radical (unpaired) electrons. The third-order valence-electron chi connectivity index (χ3n) is 6.89. The van der Waals surface area contributed by atoms with Crippen LogP contribution in [0.15, 0.2) is 25.3 Å². The molecule has 1 unspecified atom stereocenters. The molecule has 0 aromatic carbocycles. The molecule has 0 saturated carbocycles. The van der Waals surface area contributed by atoms with Crippen LogP contribution in [0.2, 0.25) is 13.1 Å². The Morgan fingerprint density at radius 1 is 1.06 bits per heavy atom. The molecule has 2 aliphatic rings. The molecule has 2 heterocycles. The number of piperazine rings is 1. The standard InChI is InChI=1S/C25H41N3O7Si/c1-9-13-33-22(31)27-11-12-28(23(32)34-14-10-2)18(16-27)19(29)15-17-20(21(30)26-17)25(6,24(3,4)5)35-36(7)8/h9-10,17-18,20,36H,1-2,11-16H2,3-8H3,(H,26,30)/t17-,18?,20-,25-/m1/s1. The molecule has 11 heteroatoms. The largest absolute Gasteiger partial charge is 0.445 e. The summed E-state index contributed by atoms with van der Waals surface area (Å²) in [5.74, 6) is -0.949. The second-order valence-electron chi connectivity index (χ2n) is 10.7. The van der Waals surface area contributed by atoms with E-state index in [1.807, 2.05) is 27.7 Å². The molecule has 0 spiro atoms. The molecular formula is C25H41N3O7Si. The van der Waals surface area contributed by atoms with E-state index in [1.165, 1.54) is 22.0 Å². The molecule has 0 aromatic heterocycles. The molecule has 2 rings (SSSR count). The van der Waals surface area contributed by atoms with Gasteiger partial charge in [-0.15, -0.1) is 0 Å². The van der Waals surface area contributed by atoms with Gasteiger partial charge in [0.05, 0.1) is 24.1 Å². The minimum atomic E-state index is -1.52. The van der Waals surface area contributed by atoms with Gasteiger partial charge in [-0.3, -0.25) is 14.5 Å². The maximum Gasteiger partial charge on any atom is 0.410 e. The van der Waals surface area contributed by atoms with Gasteiger partial charge in [0.25, 0.3) is 0 Å². The zero-order chi connectivity index (χ0) is 27.3. The smallest absolute Gasteiger partial charge is 0.410 e. The maximum absolute atomic E-state index is 13.6. The number of nitrogens with one attached hydrogen (secondary N) is 1. The van der Waals surface area contributed by atoms with E-state index in [0.717, 1.165) is 0 Å². The molecule has 2 aliphatic heterocycles. The van der Waals surface area contributed by atoms with Crippen molar-refractivity contribution in [3.05, 3.63) is 25.3 Å². The normalized spacial score (nSPS) is 23.8. The minimum absolute atomic E-state index is 0.00244. The van der Waals surface area contributed by atoms with Gasteiger partial charge in [0.1, 0.15) is 19.3 Å². The number of hydrogen-bond donors (Lipinski definition) is 1. The molecule has 2 saturated heterocycles. The second-order valence-corrected chi connectivity index (χ2v) is 13.0. The number of ketones is 1. The first kappa shape index (κ1) is 29.6. The van der Waals surface area contributed by atoms with Gasteiger partial charge in [-0.05, 0) is 25.4 Å². The van der Waals surface area contributed by atoms with Gasteiger partial charge in [-0.2, -0.15) is 0 Å². The zero-order valence-corrected chi connectivity index (χ0v) is 23.5. The summed E-state index contributed by atoms with van der Waals surface area (Å²) in [7, 11) is -1.52. The zero-order valence-electron chi connectivity index (χ0n) is 22.4. The highest BCUT2D eigenvalue weighted by Crippen LogP contribution is 2.45. The van der Waals surface area contributed by atoms with E-state index in [0.29, 0.717) is 0 Å². The quantitative estimate of drug-likeness (QED) is 0.266. The fraction of sp³-hybridized carbons (Fsp3) is 0.680. The second kappa shape index (κ2) is 12.0. The Bertz CT molecular complexity index is 872. The molecule has 4 atom stereocenters. The molecule has 0 aromatic rings. The van der Waals surface area contributed by atoms with Crippen LogP contribution < -0.4 is 5.32 Å². The summed E-state index contributed by atoms with van der Waals surface area (Å²) in [5.41, 5.74) is -1.12. The maximum atomic E-state index is 13.6. The van der Waals surface area contributed by atoms with Crippen molar-refractivity contribution in [3.63, 3.8) is 0 Å². The third-order valence-corrected chi connectivity index (χ3v) is 7.85. The van der Waals surface area contributed by atoms with Gasteiger partial charge in [-0.25, -0.2) is 9.59 Å². The van der Waals surface area contributed by atoms with E-state index in [4.69, 9.17) is 13.9 Å². The minimum Gasteiger partial charge on any atom is -0.445 e. The molecule has 0 bridgehead atoms. The van der Waals surface area contributed by atoms with E-state index in [2.05, 4.69) is 31.6 Å². The lowest BCUT2D eigenvalue weighted by atomic mass is 9.63. The van der Waals surface area contributed by atoms with Crippen molar-refractivity contribution < 1.29 is 33.1 Å². The number of β-lactam (4-membered cyclic amide) rings is 1. The van der Waals surface area contributed by atoms with E-state index in [1.54, 1.807) is 0 Å². The first-order valence-corrected chi connectivity index (χ1v) is 15.1. The summed E-state index contributed by atoms with van der Waals surface area (Å²) in [4.78, 5) is 54.2. The fourth-order valence-corrected chi connectivity index (χ4v) is 6.16. The molecular weight excluding hydrogens is 482 g/mol. The number of carbonyl (C=O) groups is 4. The predicted molar refractivity (Wildman–Crippen MR) is 138 cm³/mol. The Hall–Kier alpha value is -2.66. The number of Topliss-reactive ketones (excluding diaryl/α,β-unsaturated/α-hetero) is 1. The van der Waals surface area contributed by atoms with Crippen molar-refractivity contribution in [2.75, 3.05) is 32.8 Å². The first-order chi connectivity index (χ1) is 16.8. The van der Waals surface area contributed by atoms with E-state index in [9.17, 15) is 19.2 Å². The van der Waals surface area contributed by atoms with Gasteiger partial charge in [0.2, 0.25) is 5.91 Å². The average molecular weight is 524 g/mol. The molecule has 36 heavy (non-hydrogen) atoms. The number of carbonyl (C=O) groups excluding carboxylic acids is 4. The van der Waals surface area contributed by atoms with Crippen LogP contribution in [0.1, 0.15) is 34.1 Å². The monoisotopic (exact) mass is 523 g/mol. The highest BCUT2D eigenvalue weighted by Gasteiger charge is 2.57. The number of hydrogen-bond acceptors (Lipinski definition) is 7. The summed E-state index contributed by atoms with van der Waals surface area (Å²) in [6.45, 7) is 19.5. The van der Waals surface area contributed by atoms with Gasteiger partial charge < -0.3 is 24.1 Å². The van der Waals surface area contributed by atoms with Crippen LogP contribution in [-0.2, 0) is 23.5 Å². The van der Waals surface area contributed by atoms with Crippen molar-refractivity contribution in [1.82, 2.24) is 15.1 Å². The lowest BCUT2D eigenvalue weighted by Gasteiger charge is -2.54. The van der Waals surface area contributed by atoms with E-state index >= 15 is 0 Å². The Balaban J connectivity index is 2.25. The van der Waals surface area contributed by atoms with Crippen molar-refractivity contribution in [3.8, 4) is 0 Å². The number of nitrogens with zero attached hydrogens (tertiary/aromatic N) is 2. The summed E-state index contributed by atoms with van der Waals surface area (Å²) in [6, 6.07) is -1.39. The summed E-state index contributed by atoms with van der Waals surface area (Å²) in [5, 5.41) is 2.87. The number of rotatable bonds is 10. The Morgan fingerprint density at radius 2 is 1.64 bits per heavy atom. The molecule has 10 nitrogen and oxygen atoms in total. The highest BCUT2D eigenvalue weighted by atomic mass is 28.3. The first-order valence-electron chi connectivity index (χ1n) is 12.3. The van der Waals surface area contributed by atoms with Crippen LogP contribution in [0.5, 0.6) is 0 Å². The van der Waals surface area contributed by atoms with Gasteiger partial charge in [0, 0.05) is 19.5 Å². The van der Waals surface area contributed by atoms with Crippen LogP contribution in [0.25, 0.3) is 0 Å². The van der Waals surface area contributed by atoms with E-state index in [-0.39, 0.29) is 56.4 Å².